The van der Waals surface area contributed by atoms with Crippen molar-refractivity contribution < 1.29 is 14.6 Å². The lowest BCUT2D eigenvalue weighted by Gasteiger charge is -2.22. The number of ether oxygens (including phenoxy) is 2. The highest BCUT2D eigenvalue weighted by atomic mass is 16.5. The molecule has 4 heteroatoms. The van der Waals surface area contributed by atoms with Crippen LogP contribution in [0.2, 0.25) is 0 Å². The molecule has 0 amide bonds. The van der Waals surface area contributed by atoms with Crippen LogP contribution in [0.5, 0.6) is 0 Å². The molecule has 0 aromatic heterocycles. The predicted molar refractivity (Wildman–Crippen MR) is 56.2 cm³/mol. The monoisotopic (exact) mass is 205 g/mol. The maximum Gasteiger partial charge on any atom is 0.0790 e. The molecule has 0 saturated heterocycles. The maximum atomic E-state index is 9.50. The minimum atomic E-state index is -0.489. The van der Waals surface area contributed by atoms with Gasteiger partial charge >= 0.3 is 0 Å². The number of hydrogen-bond donors (Lipinski definition) is 2. The number of aliphatic hydroxyl groups excluding tert-OH is 1. The van der Waals surface area contributed by atoms with Gasteiger partial charge in [-0.05, 0) is 27.2 Å². The van der Waals surface area contributed by atoms with Crippen LogP contribution in [0, 0.1) is 0 Å². The van der Waals surface area contributed by atoms with Gasteiger partial charge in [-0.15, -0.1) is 0 Å². The van der Waals surface area contributed by atoms with Crippen molar-refractivity contribution in [2.45, 2.75) is 38.8 Å². The highest BCUT2D eigenvalue weighted by molar-refractivity contribution is 4.75. The van der Waals surface area contributed by atoms with Crippen molar-refractivity contribution in [3.8, 4) is 0 Å². The quantitative estimate of drug-likeness (QED) is 0.567. The van der Waals surface area contributed by atoms with E-state index in [9.17, 15) is 5.11 Å². The lowest BCUT2D eigenvalue weighted by atomic mass is 9.99. The van der Waals surface area contributed by atoms with Gasteiger partial charge in [-0.2, -0.15) is 0 Å². The summed E-state index contributed by atoms with van der Waals surface area (Å²) in [5.74, 6) is 0. The Hall–Kier alpha value is -0.160. The molecule has 4 nitrogen and oxygen atoms in total. The second-order valence-electron chi connectivity index (χ2n) is 4.12. The van der Waals surface area contributed by atoms with Gasteiger partial charge in [0.25, 0.3) is 0 Å². The zero-order valence-corrected chi connectivity index (χ0v) is 9.45. The molecule has 1 unspecified atom stereocenters. The first-order valence-corrected chi connectivity index (χ1v) is 5.08. The van der Waals surface area contributed by atoms with E-state index in [1.807, 2.05) is 20.8 Å². The molecule has 0 aromatic carbocycles. The van der Waals surface area contributed by atoms with Gasteiger partial charge < -0.3 is 20.3 Å². The summed E-state index contributed by atoms with van der Waals surface area (Å²) in [6.07, 6.45) is 0.0541. The molecule has 14 heavy (non-hydrogen) atoms. The summed E-state index contributed by atoms with van der Waals surface area (Å²) in [6.45, 7) is 7.83. The maximum absolute atomic E-state index is 9.50. The first-order valence-electron chi connectivity index (χ1n) is 5.08. The highest BCUT2D eigenvalue weighted by Crippen LogP contribution is 2.07. The molecule has 0 saturated carbocycles. The van der Waals surface area contributed by atoms with Crippen molar-refractivity contribution in [1.82, 2.24) is 0 Å². The van der Waals surface area contributed by atoms with Crippen molar-refractivity contribution >= 4 is 0 Å². The first kappa shape index (κ1) is 13.8. The van der Waals surface area contributed by atoms with Gasteiger partial charge in [-0.3, -0.25) is 0 Å². The van der Waals surface area contributed by atoms with E-state index < -0.39 is 6.10 Å². The van der Waals surface area contributed by atoms with E-state index >= 15 is 0 Å². The number of rotatable bonds is 8. The Kier molecular flexibility index (Phi) is 7.09. The van der Waals surface area contributed by atoms with Crippen molar-refractivity contribution in [2.75, 3.05) is 26.4 Å². The van der Waals surface area contributed by atoms with Crippen molar-refractivity contribution in [3.05, 3.63) is 0 Å². The van der Waals surface area contributed by atoms with E-state index in [1.165, 1.54) is 0 Å². The molecular formula is C10H23NO3. The average Bonchev–Trinajstić information content (AvgIpc) is 2.00. The van der Waals surface area contributed by atoms with E-state index in [2.05, 4.69) is 0 Å². The lowest BCUT2D eigenvalue weighted by Crippen LogP contribution is -2.37. The van der Waals surface area contributed by atoms with Crippen LogP contribution in [0.25, 0.3) is 0 Å². The first-order chi connectivity index (χ1) is 6.45. The Morgan fingerprint density at radius 1 is 1.29 bits per heavy atom. The third kappa shape index (κ3) is 9.92. The van der Waals surface area contributed by atoms with Gasteiger partial charge in [0.15, 0.2) is 0 Å². The van der Waals surface area contributed by atoms with Crippen LogP contribution in [-0.4, -0.2) is 43.2 Å². The molecular weight excluding hydrogens is 182 g/mol. The fraction of sp³-hybridized carbons (Fsp3) is 1.00. The Balaban J connectivity index is 3.31. The second kappa shape index (κ2) is 7.17. The summed E-state index contributed by atoms with van der Waals surface area (Å²) in [7, 11) is 0. The Labute approximate surface area is 86.4 Å². The topological polar surface area (TPSA) is 64.7 Å². The fourth-order valence-corrected chi connectivity index (χ4v) is 1.15. The average molecular weight is 205 g/mol. The summed E-state index contributed by atoms with van der Waals surface area (Å²) >= 11 is 0. The molecule has 0 bridgehead atoms. The molecule has 0 fully saturated rings. The molecule has 0 aliphatic carbocycles. The Morgan fingerprint density at radius 3 is 2.36 bits per heavy atom. The summed E-state index contributed by atoms with van der Waals surface area (Å²) in [4.78, 5) is 0. The summed E-state index contributed by atoms with van der Waals surface area (Å²) in [5.41, 5.74) is 5.40. The predicted octanol–water partition coefficient (Wildman–Crippen LogP) is 0.528. The van der Waals surface area contributed by atoms with Crippen LogP contribution < -0.4 is 5.73 Å². The van der Waals surface area contributed by atoms with Crippen molar-refractivity contribution in [2.24, 2.45) is 5.73 Å². The lowest BCUT2D eigenvalue weighted by molar-refractivity contribution is -0.00199. The highest BCUT2D eigenvalue weighted by Gasteiger charge is 2.16. The zero-order chi connectivity index (χ0) is 11.0. The fourth-order valence-electron chi connectivity index (χ4n) is 1.15. The van der Waals surface area contributed by atoms with Crippen LogP contribution in [0.3, 0.4) is 0 Å². The minimum Gasteiger partial charge on any atom is -0.391 e. The van der Waals surface area contributed by atoms with Gasteiger partial charge in [0.1, 0.15) is 0 Å². The second-order valence-corrected chi connectivity index (χ2v) is 4.12. The third-order valence-electron chi connectivity index (χ3n) is 1.65. The van der Waals surface area contributed by atoms with E-state index in [-0.39, 0.29) is 5.54 Å². The zero-order valence-electron chi connectivity index (χ0n) is 9.45. The summed E-state index contributed by atoms with van der Waals surface area (Å²) in [6, 6.07) is 0. The molecule has 86 valence electrons. The van der Waals surface area contributed by atoms with E-state index in [1.54, 1.807) is 0 Å². The van der Waals surface area contributed by atoms with Crippen molar-refractivity contribution in [3.63, 3.8) is 0 Å². The molecule has 0 aromatic rings. The molecule has 0 rings (SSSR count). The Bertz CT molecular complexity index is 134. The summed E-state index contributed by atoms with van der Waals surface area (Å²) in [5, 5.41) is 9.50. The van der Waals surface area contributed by atoms with Crippen LogP contribution in [0.4, 0.5) is 0 Å². The van der Waals surface area contributed by atoms with Crippen LogP contribution in [0.15, 0.2) is 0 Å². The van der Waals surface area contributed by atoms with E-state index in [0.717, 1.165) is 0 Å². The molecule has 0 radical (unpaired) electrons. The third-order valence-corrected chi connectivity index (χ3v) is 1.65. The smallest absolute Gasteiger partial charge is 0.0790 e. The van der Waals surface area contributed by atoms with Crippen molar-refractivity contribution in [1.29, 1.82) is 0 Å². The number of aliphatic hydroxyl groups is 1. The minimum absolute atomic E-state index is 0.327. The molecule has 0 spiro atoms. The van der Waals surface area contributed by atoms with E-state index in [0.29, 0.717) is 32.8 Å². The van der Waals surface area contributed by atoms with E-state index in [4.69, 9.17) is 15.2 Å². The number of hydrogen-bond acceptors (Lipinski definition) is 4. The Morgan fingerprint density at radius 2 is 1.86 bits per heavy atom. The SMILES string of the molecule is CCOCCOCC(O)CC(C)(C)N. The van der Waals surface area contributed by atoms with Crippen LogP contribution >= 0.6 is 0 Å². The summed E-state index contributed by atoms with van der Waals surface area (Å²) < 4.78 is 10.3. The van der Waals surface area contributed by atoms with Gasteiger partial charge in [0.05, 0.1) is 25.9 Å². The normalized spacial score (nSPS) is 14.4. The van der Waals surface area contributed by atoms with Gasteiger partial charge in [-0.1, -0.05) is 0 Å². The molecule has 0 aliphatic heterocycles. The molecule has 0 aliphatic rings. The van der Waals surface area contributed by atoms with Gasteiger partial charge in [0, 0.05) is 12.1 Å². The molecule has 0 heterocycles. The van der Waals surface area contributed by atoms with Crippen LogP contribution in [-0.2, 0) is 9.47 Å². The van der Waals surface area contributed by atoms with Gasteiger partial charge in [-0.25, -0.2) is 0 Å². The number of nitrogens with two attached hydrogens (primary N) is 1. The largest absolute Gasteiger partial charge is 0.391 e. The molecule has 1 atom stereocenters. The van der Waals surface area contributed by atoms with Gasteiger partial charge in [0.2, 0.25) is 0 Å². The molecule has 3 N–H and O–H groups in total. The standard InChI is InChI=1S/C10H23NO3/c1-4-13-5-6-14-8-9(12)7-10(2,3)11/h9,12H,4-8,11H2,1-3H3. The van der Waals surface area contributed by atoms with Crippen LogP contribution in [0.1, 0.15) is 27.2 Å².